The molecule has 0 aliphatic carbocycles. The van der Waals surface area contributed by atoms with Crippen LogP contribution >= 0.6 is 0 Å². The second kappa shape index (κ2) is 6.35. The number of aliphatic carboxylic acids is 1. The summed E-state index contributed by atoms with van der Waals surface area (Å²) in [5, 5.41) is 9.14. The zero-order valence-corrected chi connectivity index (χ0v) is 11.8. The zero-order chi connectivity index (χ0) is 13.7. The van der Waals surface area contributed by atoms with Gasteiger partial charge in [0.25, 0.3) is 0 Å². The van der Waals surface area contributed by atoms with Gasteiger partial charge < -0.3 is 5.11 Å². The highest BCUT2D eigenvalue weighted by Gasteiger charge is 2.38. The largest absolute Gasteiger partial charge is 0.480 e. The SMILES string of the molecule is CCC(CC)(NS(=O)(=O)CCC(C)C)C(=O)O. The predicted molar refractivity (Wildman–Crippen MR) is 67.3 cm³/mol. The molecule has 0 aromatic rings. The molecule has 0 atom stereocenters. The molecule has 0 aliphatic rings. The molecule has 0 radical (unpaired) electrons. The average Bonchev–Trinajstić information content (AvgIpc) is 2.23. The zero-order valence-electron chi connectivity index (χ0n) is 11.0. The van der Waals surface area contributed by atoms with E-state index < -0.39 is 21.5 Å². The summed E-state index contributed by atoms with van der Waals surface area (Å²) in [5.41, 5.74) is -1.37. The van der Waals surface area contributed by atoms with Crippen molar-refractivity contribution in [3.05, 3.63) is 0 Å². The molecule has 2 N–H and O–H groups in total. The van der Waals surface area contributed by atoms with Crippen LogP contribution in [0.25, 0.3) is 0 Å². The molecular weight excluding hydrogens is 242 g/mol. The normalized spacial score (nSPS) is 13.0. The van der Waals surface area contributed by atoms with Gasteiger partial charge in [-0.3, -0.25) is 4.79 Å². The molecule has 6 heteroatoms. The van der Waals surface area contributed by atoms with E-state index in [-0.39, 0.29) is 24.5 Å². The molecule has 0 fully saturated rings. The highest BCUT2D eigenvalue weighted by Crippen LogP contribution is 2.17. The smallest absolute Gasteiger partial charge is 0.324 e. The Morgan fingerprint density at radius 3 is 2.06 bits per heavy atom. The second-order valence-corrected chi connectivity index (χ2v) is 6.54. The van der Waals surface area contributed by atoms with Crippen LogP contribution in [-0.2, 0) is 14.8 Å². The monoisotopic (exact) mass is 265 g/mol. The van der Waals surface area contributed by atoms with E-state index in [9.17, 15) is 13.2 Å². The van der Waals surface area contributed by atoms with E-state index in [1.165, 1.54) is 0 Å². The van der Waals surface area contributed by atoms with E-state index in [0.717, 1.165) is 0 Å². The predicted octanol–water partition coefficient (Wildman–Crippen LogP) is 1.60. The first kappa shape index (κ1) is 16.4. The highest BCUT2D eigenvalue weighted by atomic mass is 32.2. The lowest BCUT2D eigenvalue weighted by molar-refractivity contribution is -0.144. The lowest BCUT2D eigenvalue weighted by Gasteiger charge is -2.27. The molecule has 0 bridgehead atoms. The van der Waals surface area contributed by atoms with Gasteiger partial charge in [0.05, 0.1) is 5.75 Å². The van der Waals surface area contributed by atoms with Crippen molar-refractivity contribution in [3.63, 3.8) is 0 Å². The summed E-state index contributed by atoms with van der Waals surface area (Å²) in [6, 6.07) is 0. The molecule has 0 unspecified atom stereocenters. The average molecular weight is 265 g/mol. The van der Waals surface area contributed by atoms with Gasteiger partial charge in [0.1, 0.15) is 5.54 Å². The third-order valence-corrected chi connectivity index (χ3v) is 4.41. The molecule has 0 spiro atoms. The number of carboxylic acid groups (broad SMARTS) is 1. The van der Waals surface area contributed by atoms with Crippen LogP contribution in [0.15, 0.2) is 0 Å². The lowest BCUT2D eigenvalue weighted by atomic mass is 9.95. The van der Waals surface area contributed by atoms with E-state index >= 15 is 0 Å². The van der Waals surface area contributed by atoms with Crippen LogP contribution in [0, 0.1) is 5.92 Å². The van der Waals surface area contributed by atoms with Gasteiger partial charge in [0, 0.05) is 0 Å². The van der Waals surface area contributed by atoms with Gasteiger partial charge in [-0.25, -0.2) is 8.42 Å². The van der Waals surface area contributed by atoms with Crippen molar-refractivity contribution in [2.75, 3.05) is 5.75 Å². The third kappa shape index (κ3) is 5.04. The number of sulfonamides is 1. The van der Waals surface area contributed by atoms with Crippen molar-refractivity contribution in [1.82, 2.24) is 4.72 Å². The van der Waals surface area contributed by atoms with Gasteiger partial charge in [0.15, 0.2) is 0 Å². The van der Waals surface area contributed by atoms with Gasteiger partial charge in [-0.1, -0.05) is 27.7 Å². The molecule has 17 heavy (non-hydrogen) atoms. The molecule has 0 saturated carbocycles. The summed E-state index contributed by atoms with van der Waals surface area (Å²) >= 11 is 0. The Morgan fingerprint density at radius 1 is 1.29 bits per heavy atom. The Morgan fingerprint density at radius 2 is 1.76 bits per heavy atom. The number of carbonyl (C=O) groups is 1. The number of nitrogens with one attached hydrogen (secondary N) is 1. The number of carboxylic acids is 1. The minimum Gasteiger partial charge on any atom is -0.480 e. The molecular formula is C11H23NO4S. The quantitative estimate of drug-likeness (QED) is 0.698. The molecule has 0 aromatic carbocycles. The fourth-order valence-electron chi connectivity index (χ4n) is 1.48. The van der Waals surface area contributed by atoms with Crippen LogP contribution in [0.1, 0.15) is 47.0 Å². The van der Waals surface area contributed by atoms with Crippen LogP contribution < -0.4 is 4.72 Å². The van der Waals surface area contributed by atoms with Crippen molar-refractivity contribution in [3.8, 4) is 0 Å². The maximum absolute atomic E-state index is 11.8. The molecule has 0 saturated heterocycles. The van der Waals surface area contributed by atoms with E-state index in [1.807, 2.05) is 13.8 Å². The number of rotatable bonds is 8. The summed E-state index contributed by atoms with van der Waals surface area (Å²) in [5.74, 6) is -0.871. The summed E-state index contributed by atoms with van der Waals surface area (Å²) < 4.78 is 25.9. The molecule has 0 aliphatic heterocycles. The summed E-state index contributed by atoms with van der Waals surface area (Å²) in [6.07, 6.45) is 0.998. The Kier molecular flexibility index (Phi) is 6.12. The first-order valence-electron chi connectivity index (χ1n) is 5.94. The lowest BCUT2D eigenvalue weighted by Crippen LogP contribution is -2.54. The topological polar surface area (TPSA) is 83.5 Å². The first-order chi connectivity index (χ1) is 7.69. The number of hydrogen-bond acceptors (Lipinski definition) is 3. The van der Waals surface area contributed by atoms with Crippen LogP contribution in [0.5, 0.6) is 0 Å². The first-order valence-corrected chi connectivity index (χ1v) is 7.59. The molecule has 102 valence electrons. The van der Waals surface area contributed by atoms with Crippen LogP contribution in [0.2, 0.25) is 0 Å². The summed E-state index contributed by atoms with van der Waals surface area (Å²) in [7, 11) is -3.53. The van der Waals surface area contributed by atoms with Gasteiger partial charge in [0.2, 0.25) is 10.0 Å². The minimum absolute atomic E-state index is 0.0281. The Bertz CT molecular complexity index is 344. The van der Waals surface area contributed by atoms with Gasteiger partial charge >= 0.3 is 5.97 Å². The van der Waals surface area contributed by atoms with Crippen molar-refractivity contribution < 1.29 is 18.3 Å². The summed E-state index contributed by atoms with van der Waals surface area (Å²) in [6.45, 7) is 7.20. The standard InChI is InChI=1S/C11H23NO4S/c1-5-11(6-2,10(13)14)12-17(15,16)8-7-9(3)4/h9,12H,5-8H2,1-4H3,(H,13,14). The molecule has 0 rings (SSSR count). The second-order valence-electron chi connectivity index (χ2n) is 4.70. The summed E-state index contributed by atoms with van der Waals surface area (Å²) in [4.78, 5) is 11.2. The molecule has 0 heterocycles. The van der Waals surface area contributed by atoms with Crippen LogP contribution in [0.3, 0.4) is 0 Å². The van der Waals surface area contributed by atoms with Crippen molar-refractivity contribution in [2.45, 2.75) is 52.5 Å². The highest BCUT2D eigenvalue weighted by molar-refractivity contribution is 7.89. The molecule has 0 amide bonds. The van der Waals surface area contributed by atoms with E-state index in [0.29, 0.717) is 6.42 Å². The van der Waals surface area contributed by atoms with E-state index in [1.54, 1.807) is 13.8 Å². The Labute approximate surface area is 104 Å². The van der Waals surface area contributed by atoms with Crippen LogP contribution in [-0.4, -0.2) is 30.8 Å². The fraction of sp³-hybridized carbons (Fsp3) is 0.909. The maximum Gasteiger partial charge on any atom is 0.324 e. The van der Waals surface area contributed by atoms with Gasteiger partial charge in [-0.15, -0.1) is 0 Å². The minimum atomic E-state index is -3.53. The van der Waals surface area contributed by atoms with E-state index in [2.05, 4.69) is 4.72 Å². The Hall–Kier alpha value is -0.620. The van der Waals surface area contributed by atoms with Crippen molar-refractivity contribution in [1.29, 1.82) is 0 Å². The van der Waals surface area contributed by atoms with E-state index in [4.69, 9.17) is 5.11 Å². The fourth-order valence-corrected chi connectivity index (χ4v) is 3.34. The Balaban J connectivity index is 4.82. The van der Waals surface area contributed by atoms with Gasteiger partial charge in [-0.05, 0) is 25.2 Å². The van der Waals surface area contributed by atoms with Gasteiger partial charge in [-0.2, -0.15) is 4.72 Å². The van der Waals surface area contributed by atoms with Crippen molar-refractivity contribution in [2.24, 2.45) is 5.92 Å². The molecule has 0 aromatic heterocycles. The molecule has 5 nitrogen and oxygen atoms in total. The third-order valence-electron chi connectivity index (χ3n) is 2.93. The maximum atomic E-state index is 11.8. The number of hydrogen-bond donors (Lipinski definition) is 2. The van der Waals surface area contributed by atoms with Crippen LogP contribution in [0.4, 0.5) is 0 Å². The van der Waals surface area contributed by atoms with Crippen molar-refractivity contribution >= 4 is 16.0 Å².